The second kappa shape index (κ2) is 3.72. The molecule has 1 aromatic heterocycles. The number of nitrogens with zero attached hydrogens (tertiary/aromatic N) is 3. The maximum atomic E-state index is 11.2. The van der Waals surface area contributed by atoms with Gasteiger partial charge < -0.3 is 16.4 Å². The molecular formula is C9H13N5O. The lowest BCUT2D eigenvalue weighted by Crippen LogP contribution is -2.41. The van der Waals surface area contributed by atoms with E-state index < -0.39 is 0 Å². The molecule has 1 aliphatic rings. The molecular weight excluding hydrogens is 194 g/mol. The monoisotopic (exact) mass is 207 g/mol. The Morgan fingerprint density at radius 1 is 1.60 bits per heavy atom. The van der Waals surface area contributed by atoms with Crippen LogP contribution in [-0.2, 0) is 4.79 Å². The van der Waals surface area contributed by atoms with E-state index in [4.69, 9.17) is 11.5 Å². The fraction of sp³-hybridized carbons (Fsp3) is 0.444. The Morgan fingerprint density at radius 2 is 2.40 bits per heavy atom. The lowest BCUT2D eigenvalue weighted by Gasteiger charge is -2.21. The van der Waals surface area contributed by atoms with Crippen molar-refractivity contribution < 1.29 is 4.79 Å². The first kappa shape index (κ1) is 9.70. The Kier molecular flexibility index (Phi) is 2.40. The second-order valence-electron chi connectivity index (χ2n) is 3.54. The lowest BCUT2D eigenvalue weighted by molar-refractivity contribution is -0.119. The molecule has 1 saturated heterocycles. The van der Waals surface area contributed by atoms with Crippen molar-refractivity contribution in [3.8, 4) is 0 Å². The molecule has 0 saturated carbocycles. The van der Waals surface area contributed by atoms with Gasteiger partial charge in [-0.1, -0.05) is 0 Å². The highest BCUT2D eigenvalue weighted by Crippen LogP contribution is 2.22. The molecule has 1 atom stereocenters. The van der Waals surface area contributed by atoms with Gasteiger partial charge in [0.25, 0.3) is 0 Å². The average Bonchev–Trinajstić information content (AvgIpc) is 2.65. The van der Waals surface area contributed by atoms with Gasteiger partial charge in [-0.15, -0.1) is 0 Å². The summed E-state index contributed by atoms with van der Waals surface area (Å²) in [6, 6.07) is 1.31. The van der Waals surface area contributed by atoms with Gasteiger partial charge in [0.15, 0.2) is 0 Å². The fourth-order valence-electron chi connectivity index (χ4n) is 1.80. The predicted octanol–water partition coefficient (Wildman–Crippen LogP) is -0.487. The maximum Gasteiger partial charge on any atom is 0.240 e. The molecule has 1 aromatic rings. The zero-order valence-electron chi connectivity index (χ0n) is 8.26. The van der Waals surface area contributed by atoms with E-state index in [1.807, 2.05) is 0 Å². The number of carbonyl (C=O) groups excluding carboxylic acids is 1. The number of nitrogen functional groups attached to an aromatic ring is 1. The normalized spacial score (nSPS) is 20.5. The molecule has 0 aliphatic carbocycles. The van der Waals surface area contributed by atoms with Gasteiger partial charge >= 0.3 is 0 Å². The summed E-state index contributed by atoms with van der Waals surface area (Å²) in [6.45, 7) is 0.747. The summed E-state index contributed by atoms with van der Waals surface area (Å²) in [4.78, 5) is 21.1. The third kappa shape index (κ3) is 1.83. The van der Waals surface area contributed by atoms with Crippen LogP contribution in [-0.4, -0.2) is 28.5 Å². The van der Waals surface area contributed by atoms with Crippen molar-refractivity contribution in [2.24, 2.45) is 5.73 Å². The van der Waals surface area contributed by atoms with Crippen LogP contribution in [0.25, 0.3) is 0 Å². The SMILES string of the molecule is NC(=O)C1CCCN1c1nccc(N)n1. The molecule has 0 radical (unpaired) electrons. The third-order valence-corrected chi connectivity index (χ3v) is 2.50. The number of hydrogen-bond donors (Lipinski definition) is 2. The van der Waals surface area contributed by atoms with Crippen molar-refractivity contribution in [1.29, 1.82) is 0 Å². The van der Waals surface area contributed by atoms with Crippen LogP contribution in [0.5, 0.6) is 0 Å². The standard InChI is InChI=1S/C9H13N5O/c10-7-3-4-12-9(13-7)14-5-1-2-6(14)8(11)15/h3-4,6H,1-2,5H2,(H2,11,15)(H2,10,12,13). The second-order valence-corrected chi connectivity index (χ2v) is 3.54. The molecule has 1 amide bonds. The Balaban J connectivity index is 2.26. The van der Waals surface area contributed by atoms with E-state index in [9.17, 15) is 4.79 Å². The Morgan fingerprint density at radius 3 is 3.07 bits per heavy atom. The number of primary amides is 1. The van der Waals surface area contributed by atoms with Gasteiger partial charge in [-0.25, -0.2) is 4.98 Å². The van der Waals surface area contributed by atoms with Crippen molar-refractivity contribution in [2.45, 2.75) is 18.9 Å². The first-order chi connectivity index (χ1) is 7.18. The molecule has 6 heteroatoms. The number of hydrogen-bond acceptors (Lipinski definition) is 5. The van der Waals surface area contributed by atoms with Crippen LogP contribution in [0.4, 0.5) is 11.8 Å². The molecule has 0 spiro atoms. The Labute approximate surface area is 87.3 Å². The zero-order valence-corrected chi connectivity index (χ0v) is 8.26. The van der Waals surface area contributed by atoms with E-state index in [0.717, 1.165) is 19.4 Å². The van der Waals surface area contributed by atoms with Crippen LogP contribution < -0.4 is 16.4 Å². The van der Waals surface area contributed by atoms with Crippen LogP contribution >= 0.6 is 0 Å². The number of rotatable bonds is 2. The largest absolute Gasteiger partial charge is 0.384 e. The summed E-state index contributed by atoms with van der Waals surface area (Å²) in [7, 11) is 0. The van der Waals surface area contributed by atoms with Gasteiger partial charge in [-0.05, 0) is 18.9 Å². The van der Waals surface area contributed by atoms with Crippen LogP contribution in [0, 0.1) is 0 Å². The van der Waals surface area contributed by atoms with Crippen molar-refractivity contribution in [1.82, 2.24) is 9.97 Å². The molecule has 80 valence electrons. The minimum atomic E-state index is -0.335. The van der Waals surface area contributed by atoms with Crippen molar-refractivity contribution in [3.05, 3.63) is 12.3 Å². The molecule has 2 heterocycles. The summed E-state index contributed by atoms with van der Waals surface area (Å²) in [5, 5.41) is 0. The number of carbonyl (C=O) groups is 1. The lowest BCUT2D eigenvalue weighted by atomic mass is 10.2. The molecule has 0 bridgehead atoms. The number of amides is 1. The highest BCUT2D eigenvalue weighted by Gasteiger charge is 2.30. The summed E-state index contributed by atoms with van der Waals surface area (Å²) < 4.78 is 0. The van der Waals surface area contributed by atoms with Gasteiger partial charge in [0, 0.05) is 12.7 Å². The number of nitrogens with two attached hydrogens (primary N) is 2. The predicted molar refractivity (Wildman–Crippen MR) is 56.0 cm³/mol. The van der Waals surface area contributed by atoms with Gasteiger partial charge in [-0.2, -0.15) is 4.98 Å². The molecule has 1 unspecified atom stereocenters. The van der Waals surface area contributed by atoms with E-state index in [2.05, 4.69) is 9.97 Å². The zero-order chi connectivity index (χ0) is 10.8. The maximum absolute atomic E-state index is 11.2. The molecule has 4 N–H and O–H groups in total. The first-order valence-corrected chi connectivity index (χ1v) is 4.83. The van der Waals surface area contributed by atoms with E-state index in [-0.39, 0.29) is 11.9 Å². The van der Waals surface area contributed by atoms with Crippen LogP contribution in [0.1, 0.15) is 12.8 Å². The van der Waals surface area contributed by atoms with E-state index in [1.165, 1.54) is 0 Å². The van der Waals surface area contributed by atoms with Gasteiger partial charge in [0.05, 0.1) is 0 Å². The van der Waals surface area contributed by atoms with E-state index in [1.54, 1.807) is 17.2 Å². The third-order valence-electron chi connectivity index (χ3n) is 2.50. The fourth-order valence-corrected chi connectivity index (χ4v) is 1.80. The van der Waals surface area contributed by atoms with Gasteiger partial charge in [-0.3, -0.25) is 4.79 Å². The van der Waals surface area contributed by atoms with Crippen molar-refractivity contribution in [3.63, 3.8) is 0 Å². The molecule has 15 heavy (non-hydrogen) atoms. The summed E-state index contributed by atoms with van der Waals surface area (Å²) in [5.74, 6) is 0.546. The molecule has 0 aromatic carbocycles. The van der Waals surface area contributed by atoms with Crippen LogP contribution in [0.15, 0.2) is 12.3 Å². The molecule has 1 aliphatic heterocycles. The minimum Gasteiger partial charge on any atom is -0.384 e. The van der Waals surface area contributed by atoms with Crippen molar-refractivity contribution >= 4 is 17.7 Å². The summed E-state index contributed by atoms with van der Waals surface area (Å²) in [6.07, 6.45) is 3.26. The summed E-state index contributed by atoms with van der Waals surface area (Å²) in [5.41, 5.74) is 10.8. The molecule has 1 fully saturated rings. The number of aromatic nitrogens is 2. The Bertz CT molecular complexity index is 381. The highest BCUT2D eigenvalue weighted by molar-refractivity contribution is 5.83. The minimum absolute atomic E-state index is 0.299. The first-order valence-electron chi connectivity index (χ1n) is 4.83. The number of anilines is 2. The topological polar surface area (TPSA) is 98.1 Å². The van der Waals surface area contributed by atoms with Crippen molar-refractivity contribution in [2.75, 3.05) is 17.2 Å². The van der Waals surface area contributed by atoms with Gasteiger partial charge in [0.1, 0.15) is 11.9 Å². The van der Waals surface area contributed by atoms with Crippen LogP contribution in [0.3, 0.4) is 0 Å². The van der Waals surface area contributed by atoms with E-state index in [0.29, 0.717) is 11.8 Å². The smallest absolute Gasteiger partial charge is 0.240 e. The average molecular weight is 207 g/mol. The van der Waals surface area contributed by atoms with E-state index >= 15 is 0 Å². The summed E-state index contributed by atoms with van der Waals surface area (Å²) >= 11 is 0. The van der Waals surface area contributed by atoms with Crippen LogP contribution in [0.2, 0.25) is 0 Å². The Hall–Kier alpha value is -1.85. The molecule has 2 rings (SSSR count). The quantitative estimate of drug-likeness (QED) is 0.682. The molecule has 6 nitrogen and oxygen atoms in total. The van der Waals surface area contributed by atoms with Gasteiger partial charge in [0.2, 0.25) is 11.9 Å². The highest BCUT2D eigenvalue weighted by atomic mass is 16.1.